The van der Waals surface area contributed by atoms with E-state index in [4.69, 9.17) is 12.2 Å². The van der Waals surface area contributed by atoms with Crippen LogP contribution in [0.1, 0.15) is 19.9 Å². The lowest BCUT2D eigenvalue weighted by atomic mass is 10.3. The van der Waals surface area contributed by atoms with Gasteiger partial charge in [-0.1, -0.05) is 10.3 Å². The Morgan fingerprint density at radius 2 is 2.43 bits per heavy atom. The third-order valence-electron chi connectivity index (χ3n) is 2.09. The van der Waals surface area contributed by atoms with E-state index in [-0.39, 0.29) is 16.7 Å². The molecule has 78 valence electrons. The van der Waals surface area contributed by atoms with Crippen LogP contribution in [0.15, 0.2) is 0 Å². The Balaban J connectivity index is 2.86. The van der Waals surface area contributed by atoms with E-state index in [0.29, 0.717) is 6.54 Å². The minimum atomic E-state index is -0.387. The molecule has 0 aliphatic rings. The number of carbonyl (C=O) groups excluding carboxylic acids is 1. The maximum atomic E-state index is 11.7. The Hall–Kier alpha value is -1.24. The number of amides is 1. The van der Waals surface area contributed by atoms with Crippen molar-refractivity contribution in [3.05, 3.63) is 4.77 Å². The van der Waals surface area contributed by atoms with Gasteiger partial charge in [-0.15, -0.1) is 0 Å². The van der Waals surface area contributed by atoms with Gasteiger partial charge in [0.15, 0.2) is 0 Å². The summed E-state index contributed by atoms with van der Waals surface area (Å²) in [4.78, 5) is 13.3. The maximum Gasteiger partial charge on any atom is 0.246 e. The van der Waals surface area contributed by atoms with E-state index < -0.39 is 0 Å². The first-order valence-electron chi connectivity index (χ1n) is 4.32. The first kappa shape index (κ1) is 10.8. The molecular weight excluding hydrogens is 202 g/mol. The number of hydrogen-bond acceptors (Lipinski definition) is 4. The highest BCUT2D eigenvalue weighted by atomic mass is 32.1. The first-order valence-corrected chi connectivity index (χ1v) is 4.73. The fraction of sp³-hybridized carbons (Fsp3) is 0.714. The van der Waals surface area contributed by atoms with Gasteiger partial charge in [0, 0.05) is 13.6 Å². The highest BCUT2D eigenvalue weighted by molar-refractivity contribution is 7.71. The number of tetrazole rings is 1. The van der Waals surface area contributed by atoms with E-state index in [2.05, 4.69) is 15.5 Å². The Bertz CT molecular complexity index is 370. The van der Waals surface area contributed by atoms with Crippen LogP contribution in [-0.4, -0.2) is 44.6 Å². The fourth-order valence-electron chi connectivity index (χ4n) is 1.04. The number of aromatic nitrogens is 4. The zero-order valence-corrected chi connectivity index (χ0v) is 9.21. The Labute approximate surface area is 86.9 Å². The molecule has 0 aliphatic carbocycles. The summed E-state index contributed by atoms with van der Waals surface area (Å²) in [7, 11) is 1.74. The van der Waals surface area contributed by atoms with Crippen LogP contribution < -0.4 is 0 Å². The summed E-state index contributed by atoms with van der Waals surface area (Å²) in [6.45, 7) is 4.33. The summed E-state index contributed by atoms with van der Waals surface area (Å²) >= 11 is 4.89. The molecule has 0 fully saturated rings. The van der Waals surface area contributed by atoms with E-state index in [1.165, 1.54) is 4.68 Å². The predicted octanol–water partition coefficient (Wildman–Crippen LogP) is 0.375. The Kier molecular flexibility index (Phi) is 3.34. The molecule has 1 aromatic heterocycles. The lowest BCUT2D eigenvalue weighted by molar-refractivity contribution is -0.133. The van der Waals surface area contributed by atoms with Crippen LogP contribution in [-0.2, 0) is 4.79 Å². The van der Waals surface area contributed by atoms with Crippen molar-refractivity contribution in [2.24, 2.45) is 0 Å². The quantitative estimate of drug-likeness (QED) is 0.740. The van der Waals surface area contributed by atoms with Crippen LogP contribution in [0.5, 0.6) is 0 Å². The molecule has 1 aromatic rings. The molecule has 0 bridgehead atoms. The SMILES string of the molecule is CCN(C)C(=O)C(C)n1[nH]nnc1=S. The molecule has 14 heavy (non-hydrogen) atoms. The molecule has 0 saturated heterocycles. The number of likely N-dealkylation sites (N-methyl/N-ethyl adjacent to an activating group) is 1. The summed E-state index contributed by atoms with van der Waals surface area (Å²) < 4.78 is 1.75. The van der Waals surface area contributed by atoms with Crippen LogP contribution in [0.2, 0.25) is 0 Å². The average molecular weight is 215 g/mol. The fourth-order valence-corrected chi connectivity index (χ4v) is 1.28. The van der Waals surface area contributed by atoms with Crippen molar-refractivity contribution in [3.63, 3.8) is 0 Å². The van der Waals surface area contributed by atoms with Gasteiger partial charge in [0.2, 0.25) is 10.7 Å². The van der Waals surface area contributed by atoms with Crippen molar-refractivity contribution in [3.8, 4) is 0 Å². The van der Waals surface area contributed by atoms with Gasteiger partial charge in [-0.25, -0.2) is 4.68 Å². The molecule has 1 atom stereocenters. The largest absolute Gasteiger partial charge is 0.344 e. The molecule has 1 amide bonds. The van der Waals surface area contributed by atoms with Gasteiger partial charge in [0.05, 0.1) is 0 Å². The molecule has 7 heteroatoms. The number of rotatable bonds is 3. The number of nitrogens with one attached hydrogen (secondary N) is 1. The van der Waals surface area contributed by atoms with Gasteiger partial charge in [-0.05, 0) is 26.1 Å². The summed E-state index contributed by atoms with van der Waals surface area (Å²) in [6, 6.07) is -0.387. The lowest BCUT2D eigenvalue weighted by Gasteiger charge is -2.19. The normalized spacial score (nSPS) is 12.5. The topological polar surface area (TPSA) is 66.8 Å². The summed E-state index contributed by atoms with van der Waals surface area (Å²) in [5.41, 5.74) is 0. The monoisotopic (exact) mass is 215 g/mol. The molecule has 0 saturated carbocycles. The second-order valence-corrected chi connectivity index (χ2v) is 3.35. The number of nitrogens with zero attached hydrogens (tertiary/aromatic N) is 4. The van der Waals surface area contributed by atoms with E-state index >= 15 is 0 Å². The number of H-pyrrole nitrogens is 1. The van der Waals surface area contributed by atoms with Crippen molar-refractivity contribution in [2.75, 3.05) is 13.6 Å². The van der Waals surface area contributed by atoms with Gasteiger partial charge in [0.1, 0.15) is 6.04 Å². The van der Waals surface area contributed by atoms with Crippen molar-refractivity contribution in [1.29, 1.82) is 0 Å². The first-order chi connectivity index (χ1) is 6.57. The van der Waals surface area contributed by atoms with Crippen molar-refractivity contribution in [2.45, 2.75) is 19.9 Å². The third-order valence-corrected chi connectivity index (χ3v) is 2.37. The molecule has 0 aliphatic heterocycles. The molecule has 1 unspecified atom stereocenters. The van der Waals surface area contributed by atoms with Gasteiger partial charge in [-0.2, -0.15) is 5.21 Å². The van der Waals surface area contributed by atoms with E-state index in [9.17, 15) is 4.79 Å². The standard InChI is InChI=1S/C7H13N5OS/c1-4-11(3)6(13)5(2)12-7(14)8-9-10-12/h5H,4H2,1-3H3,(H,8,10,14). The summed E-state index contributed by atoms with van der Waals surface area (Å²) in [5, 5.41) is 9.70. The van der Waals surface area contributed by atoms with Crippen molar-refractivity contribution in [1.82, 2.24) is 25.1 Å². The van der Waals surface area contributed by atoms with E-state index in [0.717, 1.165) is 0 Å². The zero-order valence-electron chi connectivity index (χ0n) is 8.39. The highest BCUT2D eigenvalue weighted by Crippen LogP contribution is 2.06. The maximum absolute atomic E-state index is 11.7. The molecule has 6 nitrogen and oxygen atoms in total. The summed E-state index contributed by atoms with van der Waals surface area (Å²) in [6.07, 6.45) is 0. The minimum Gasteiger partial charge on any atom is -0.344 e. The molecule has 0 spiro atoms. The Morgan fingerprint density at radius 1 is 1.79 bits per heavy atom. The zero-order chi connectivity index (χ0) is 10.7. The molecule has 1 N–H and O–H groups in total. The van der Waals surface area contributed by atoms with Crippen LogP contribution in [0.4, 0.5) is 0 Å². The van der Waals surface area contributed by atoms with Crippen molar-refractivity contribution >= 4 is 18.1 Å². The second kappa shape index (κ2) is 4.32. The average Bonchev–Trinajstić information content (AvgIpc) is 2.61. The Morgan fingerprint density at radius 3 is 2.86 bits per heavy atom. The van der Waals surface area contributed by atoms with Crippen LogP contribution in [0, 0.1) is 4.77 Å². The van der Waals surface area contributed by atoms with Crippen LogP contribution >= 0.6 is 12.2 Å². The number of hydrogen-bond donors (Lipinski definition) is 1. The van der Waals surface area contributed by atoms with Crippen LogP contribution in [0.3, 0.4) is 0 Å². The molecule has 1 rings (SSSR count). The molecular formula is C7H13N5OS. The third kappa shape index (κ3) is 1.98. The van der Waals surface area contributed by atoms with Gasteiger partial charge >= 0.3 is 0 Å². The number of carbonyl (C=O) groups is 1. The van der Waals surface area contributed by atoms with Gasteiger partial charge < -0.3 is 4.90 Å². The molecule has 1 heterocycles. The van der Waals surface area contributed by atoms with Gasteiger partial charge in [0.25, 0.3) is 0 Å². The highest BCUT2D eigenvalue weighted by Gasteiger charge is 2.19. The van der Waals surface area contributed by atoms with Crippen molar-refractivity contribution < 1.29 is 4.79 Å². The summed E-state index contributed by atoms with van der Waals surface area (Å²) in [5.74, 6) is -0.0188. The minimum absolute atomic E-state index is 0.0188. The smallest absolute Gasteiger partial charge is 0.246 e. The lowest BCUT2D eigenvalue weighted by Crippen LogP contribution is -2.33. The predicted molar refractivity (Wildman–Crippen MR) is 53.2 cm³/mol. The molecule has 0 aromatic carbocycles. The van der Waals surface area contributed by atoms with Crippen LogP contribution in [0.25, 0.3) is 0 Å². The number of aromatic amines is 1. The van der Waals surface area contributed by atoms with E-state index in [1.807, 2.05) is 6.92 Å². The van der Waals surface area contributed by atoms with Gasteiger partial charge in [-0.3, -0.25) is 4.79 Å². The second-order valence-electron chi connectivity index (χ2n) is 2.98. The molecule has 0 radical (unpaired) electrons. The van der Waals surface area contributed by atoms with E-state index in [1.54, 1.807) is 18.9 Å².